The number of hydrogen-bond acceptors (Lipinski definition) is 0. The minimum absolute atomic E-state index is 0.793. The number of hydrogen-bond donors (Lipinski definition) is 0. The second-order valence-electron chi connectivity index (χ2n) is 5.47. The molecule has 0 aromatic rings. The van der Waals surface area contributed by atoms with E-state index in [-0.39, 0.29) is 0 Å². The average Bonchev–Trinajstić information content (AvgIpc) is 2.67. The molecule has 0 aromatic heterocycles. The summed E-state index contributed by atoms with van der Waals surface area (Å²) >= 11 is 3.84. The minimum atomic E-state index is 0.793. The van der Waals surface area contributed by atoms with Crippen molar-refractivity contribution in [3.05, 3.63) is 0 Å². The van der Waals surface area contributed by atoms with Gasteiger partial charge in [0.1, 0.15) is 0 Å². The zero-order chi connectivity index (χ0) is 10.0. The van der Waals surface area contributed by atoms with Gasteiger partial charge in [-0.2, -0.15) is 0 Å². The van der Waals surface area contributed by atoms with Crippen LogP contribution in [0.3, 0.4) is 0 Å². The summed E-state index contributed by atoms with van der Waals surface area (Å²) in [7, 11) is 0. The van der Waals surface area contributed by atoms with Crippen LogP contribution in [0.5, 0.6) is 0 Å². The van der Waals surface area contributed by atoms with Gasteiger partial charge in [0.15, 0.2) is 0 Å². The molecule has 0 nitrogen and oxygen atoms in total. The van der Waals surface area contributed by atoms with Crippen molar-refractivity contribution in [2.24, 2.45) is 11.3 Å². The lowest BCUT2D eigenvalue weighted by molar-refractivity contribution is 0.153. The third kappa shape index (κ3) is 2.18. The Hall–Kier alpha value is 0.480. The normalized spacial score (nSPS) is 29.6. The largest absolute Gasteiger partial charge is 0.0888 e. The van der Waals surface area contributed by atoms with E-state index >= 15 is 0 Å². The molecule has 0 heterocycles. The SMILES string of the molecule is CCC(Br)C1CCC2(CCCC2)CC1. The zero-order valence-electron chi connectivity index (χ0n) is 9.40. The lowest BCUT2D eigenvalue weighted by Gasteiger charge is -2.38. The van der Waals surface area contributed by atoms with Crippen molar-refractivity contribution in [3.8, 4) is 0 Å². The second kappa shape index (κ2) is 4.55. The molecule has 0 aliphatic heterocycles. The van der Waals surface area contributed by atoms with E-state index < -0.39 is 0 Å². The molecule has 0 radical (unpaired) electrons. The summed E-state index contributed by atoms with van der Waals surface area (Å²) < 4.78 is 0. The Bertz CT molecular complexity index is 172. The van der Waals surface area contributed by atoms with E-state index in [1.54, 1.807) is 12.8 Å². The third-order valence-corrected chi connectivity index (χ3v) is 6.05. The van der Waals surface area contributed by atoms with Crippen LogP contribution in [0.4, 0.5) is 0 Å². The van der Waals surface area contributed by atoms with Crippen LogP contribution in [-0.2, 0) is 0 Å². The monoisotopic (exact) mass is 258 g/mol. The third-order valence-electron chi connectivity index (χ3n) is 4.66. The highest BCUT2D eigenvalue weighted by Crippen LogP contribution is 2.51. The van der Waals surface area contributed by atoms with Crippen molar-refractivity contribution in [1.29, 1.82) is 0 Å². The molecule has 14 heavy (non-hydrogen) atoms. The van der Waals surface area contributed by atoms with Gasteiger partial charge in [0.05, 0.1) is 0 Å². The van der Waals surface area contributed by atoms with E-state index in [9.17, 15) is 0 Å². The van der Waals surface area contributed by atoms with Crippen molar-refractivity contribution in [1.82, 2.24) is 0 Å². The maximum absolute atomic E-state index is 3.84. The molecule has 0 aromatic carbocycles. The van der Waals surface area contributed by atoms with Crippen LogP contribution in [0.25, 0.3) is 0 Å². The zero-order valence-corrected chi connectivity index (χ0v) is 11.0. The van der Waals surface area contributed by atoms with Crippen LogP contribution in [0.15, 0.2) is 0 Å². The fourth-order valence-corrected chi connectivity index (χ4v) is 4.10. The summed E-state index contributed by atoms with van der Waals surface area (Å²) in [4.78, 5) is 0.793. The van der Waals surface area contributed by atoms with Crippen LogP contribution in [0.1, 0.15) is 64.7 Å². The molecule has 2 aliphatic rings. The summed E-state index contributed by atoms with van der Waals surface area (Å²) in [6.07, 6.45) is 13.4. The van der Waals surface area contributed by atoms with Gasteiger partial charge in [-0.15, -0.1) is 0 Å². The Morgan fingerprint density at radius 2 is 1.71 bits per heavy atom. The standard InChI is InChI=1S/C13H23Br/c1-2-12(14)11-5-9-13(10-6-11)7-3-4-8-13/h11-12H,2-10H2,1H3. The molecular formula is C13H23Br. The van der Waals surface area contributed by atoms with Gasteiger partial charge >= 0.3 is 0 Å². The summed E-state index contributed by atoms with van der Waals surface area (Å²) in [6.45, 7) is 2.30. The minimum Gasteiger partial charge on any atom is -0.0888 e. The first-order chi connectivity index (χ1) is 6.76. The van der Waals surface area contributed by atoms with Crippen LogP contribution in [0, 0.1) is 11.3 Å². The molecule has 2 rings (SSSR count). The highest BCUT2D eigenvalue weighted by molar-refractivity contribution is 9.09. The quantitative estimate of drug-likeness (QED) is 0.618. The first-order valence-corrected chi connectivity index (χ1v) is 7.31. The van der Waals surface area contributed by atoms with Gasteiger partial charge in [0, 0.05) is 4.83 Å². The molecule has 1 atom stereocenters. The van der Waals surface area contributed by atoms with Gasteiger partial charge in [-0.3, -0.25) is 0 Å². The van der Waals surface area contributed by atoms with Crippen molar-refractivity contribution in [2.45, 2.75) is 69.5 Å². The maximum atomic E-state index is 3.84. The molecule has 2 aliphatic carbocycles. The lowest BCUT2D eigenvalue weighted by Crippen LogP contribution is -2.28. The Labute approximate surface area is 97.0 Å². The van der Waals surface area contributed by atoms with E-state index in [0.29, 0.717) is 0 Å². The molecule has 0 N–H and O–H groups in total. The summed E-state index contributed by atoms with van der Waals surface area (Å²) in [5, 5.41) is 0. The van der Waals surface area contributed by atoms with Crippen molar-refractivity contribution < 1.29 is 0 Å². The van der Waals surface area contributed by atoms with E-state index in [2.05, 4.69) is 22.9 Å². The molecule has 0 amide bonds. The summed E-state index contributed by atoms with van der Waals surface area (Å²) in [5.41, 5.74) is 0.816. The van der Waals surface area contributed by atoms with Crippen LogP contribution < -0.4 is 0 Å². The first kappa shape index (κ1) is 11.0. The number of halogens is 1. The van der Waals surface area contributed by atoms with Gasteiger partial charge in [0.25, 0.3) is 0 Å². The predicted octanol–water partition coefficient (Wildman–Crippen LogP) is 4.91. The highest BCUT2D eigenvalue weighted by atomic mass is 79.9. The van der Waals surface area contributed by atoms with Gasteiger partial charge in [-0.1, -0.05) is 35.7 Å². The molecule has 0 saturated heterocycles. The van der Waals surface area contributed by atoms with Crippen molar-refractivity contribution in [3.63, 3.8) is 0 Å². The van der Waals surface area contributed by atoms with Gasteiger partial charge in [-0.05, 0) is 56.3 Å². The fourth-order valence-electron chi connectivity index (χ4n) is 3.57. The van der Waals surface area contributed by atoms with Crippen LogP contribution >= 0.6 is 15.9 Å². The molecule has 1 unspecified atom stereocenters. The Balaban J connectivity index is 1.85. The van der Waals surface area contributed by atoms with E-state index in [0.717, 1.165) is 16.2 Å². The van der Waals surface area contributed by atoms with E-state index in [1.165, 1.54) is 44.9 Å². The fraction of sp³-hybridized carbons (Fsp3) is 1.00. The number of alkyl halides is 1. The average molecular weight is 259 g/mol. The van der Waals surface area contributed by atoms with Crippen molar-refractivity contribution >= 4 is 15.9 Å². The first-order valence-electron chi connectivity index (χ1n) is 6.40. The molecule has 0 bridgehead atoms. The van der Waals surface area contributed by atoms with Crippen molar-refractivity contribution in [2.75, 3.05) is 0 Å². The Morgan fingerprint density at radius 1 is 1.14 bits per heavy atom. The van der Waals surface area contributed by atoms with Crippen LogP contribution in [-0.4, -0.2) is 4.83 Å². The van der Waals surface area contributed by atoms with Gasteiger partial charge < -0.3 is 0 Å². The molecule has 2 fully saturated rings. The van der Waals surface area contributed by atoms with Crippen LogP contribution in [0.2, 0.25) is 0 Å². The Kier molecular flexibility index (Phi) is 3.57. The smallest absolute Gasteiger partial charge is 0.0171 e. The van der Waals surface area contributed by atoms with E-state index in [1.807, 2.05) is 0 Å². The summed E-state index contributed by atoms with van der Waals surface area (Å²) in [5.74, 6) is 0.978. The highest BCUT2D eigenvalue weighted by Gasteiger charge is 2.38. The number of rotatable bonds is 2. The maximum Gasteiger partial charge on any atom is 0.0171 e. The van der Waals surface area contributed by atoms with Gasteiger partial charge in [0.2, 0.25) is 0 Å². The molecular weight excluding hydrogens is 236 g/mol. The second-order valence-corrected chi connectivity index (χ2v) is 6.64. The lowest BCUT2D eigenvalue weighted by atomic mass is 9.68. The molecule has 1 spiro atoms. The molecule has 82 valence electrons. The molecule has 2 saturated carbocycles. The Morgan fingerprint density at radius 3 is 2.21 bits per heavy atom. The molecule has 1 heteroatoms. The topological polar surface area (TPSA) is 0 Å². The van der Waals surface area contributed by atoms with Gasteiger partial charge in [-0.25, -0.2) is 0 Å². The van der Waals surface area contributed by atoms with E-state index in [4.69, 9.17) is 0 Å². The predicted molar refractivity (Wildman–Crippen MR) is 65.9 cm³/mol. The summed E-state index contributed by atoms with van der Waals surface area (Å²) in [6, 6.07) is 0.